The summed E-state index contributed by atoms with van der Waals surface area (Å²) in [4.78, 5) is 25.9. The van der Waals surface area contributed by atoms with Gasteiger partial charge in [-0.25, -0.2) is 0 Å². The van der Waals surface area contributed by atoms with Crippen molar-refractivity contribution in [2.45, 2.75) is 13.0 Å². The molecule has 0 aliphatic carbocycles. The zero-order chi connectivity index (χ0) is 17.3. The number of hydrogen-bond donors (Lipinski definition) is 1. The average Bonchev–Trinajstić information content (AvgIpc) is 2.59. The molecule has 6 heteroatoms. The minimum absolute atomic E-state index is 0.136. The van der Waals surface area contributed by atoms with Crippen LogP contribution >= 0.6 is 0 Å². The van der Waals surface area contributed by atoms with E-state index in [1.54, 1.807) is 56.4 Å². The first-order valence-corrected chi connectivity index (χ1v) is 7.40. The number of fused-ring (bicyclic) bond motifs is 1. The molecule has 0 saturated heterocycles. The van der Waals surface area contributed by atoms with Gasteiger partial charge in [0.15, 0.2) is 6.10 Å². The fourth-order valence-corrected chi connectivity index (χ4v) is 2.54. The molecule has 0 radical (unpaired) electrons. The molecule has 2 aromatic carbocycles. The van der Waals surface area contributed by atoms with Crippen LogP contribution in [0.3, 0.4) is 0 Å². The molecule has 1 aliphatic rings. The van der Waals surface area contributed by atoms with Crippen LogP contribution in [0.5, 0.6) is 5.75 Å². The molecule has 6 nitrogen and oxygen atoms in total. The van der Waals surface area contributed by atoms with Crippen molar-refractivity contribution in [2.24, 2.45) is 0 Å². The molecule has 2 amide bonds. The maximum absolute atomic E-state index is 12.4. The van der Waals surface area contributed by atoms with E-state index >= 15 is 0 Å². The van der Waals surface area contributed by atoms with E-state index in [1.165, 1.54) is 4.90 Å². The van der Waals surface area contributed by atoms with Crippen molar-refractivity contribution in [1.82, 2.24) is 0 Å². The second-order valence-electron chi connectivity index (χ2n) is 5.45. The molecular weight excluding hydrogens is 306 g/mol. The number of carbonyl (C=O) groups excluding carboxylic acids is 2. The van der Waals surface area contributed by atoms with E-state index in [-0.39, 0.29) is 11.8 Å². The van der Waals surface area contributed by atoms with Crippen molar-refractivity contribution in [3.05, 3.63) is 53.6 Å². The van der Waals surface area contributed by atoms with E-state index in [4.69, 9.17) is 10.00 Å². The van der Waals surface area contributed by atoms with Crippen LogP contribution in [0.15, 0.2) is 42.5 Å². The molecule has 1 N–H and O–H groups in total. The van der Waals surface area contributed by atoms with Crippen LogP contribution in [0.1, 0.15) is 22.8 Å². The van der Waals surface area contributed by atoms with Gasteiger partial charge in [-0.15, -0.1) is 0 Å². The van der Waals surface area contributed by atoms with Crippen LogP contribution in [0.2, 0.25) is 0 Å². The highest BCUT2D eigenvalue weighted by molar-refractivity contribution is 6.06. The van der Waals surface area contributed by atoms with E-state index in [2.05, 4.69) is 5.32 Å². The van der Waals surface area contributed by atoms with Crippen LogP contribution in [0.4, 0.5) is 11.4 Å². The van der Waals surface area contributed by atoms with Crippen LogP contribution in [-0.2, 0) is 4.79 Å². The highest BCUT2D eigenvalue weighted by Gasteiger charge is 2.29. The number of carbonyl (C=O) groups is 2. The highest BCUT2D eigenvalue weighted by atomic mass is 16.5. The first kappa shape index (κ1) is 15.6. The Labute approximate surface area is 139 Å². The van der Waals surface area contributed by atoms with Gasteiger partial charge >= 0.3 is 0 Å². The first-order chi connectivity index (χ1) is 11.5. The lowest BCUT2D eigenvalue weighted by atomic mass is 10.1. The molecule has 1 heterocycles. The minimum Gasteiger partial charge on any atom is -0.479 e. The molecule has 0 bridgehead atoms. The van der Waals surface area contributed by atoms with E-state index < -0.39 is 6.10 Å². The summed E-state index contributed by atoms with van der Waals surface area (Å²) in [6.45, 7) is 1.66. The summed E-state index contributed by atoms with van der Waals surface area (Å²) >= 11 is 0. The van der Waals surface area contributed by atoms with Crippen molar-refractivity contribution in [3.63, 3.8) is 0 Å². The Bertz CT molecular complexity index is 870. The van der Waals surface area contributed by atoms with Crippen molar-refractivity contribution < 1.29 is 14.3 Å². The normalized spacial score (nSPS) is 16.0. The molecule has 1 aliphatic heterocycles. The molecule has 3 rings (SSSR count). The van der Waals surface area contributed by atoms with Gasteiger partial charge in [-0.1, -0.05) is 12.1 Å². The van der Waals surface area contributed by atoms with Gasteiger partial charge in [-0.05, 0) is 37.3 Å². The van der Waals surface area contributed by atoms with Crippen LogP contribution in [0, 0.1) is 11.3 Å². The number of likely N-dealkylation sites (N-methyl/N-ethyl adjacent to an activating group) is 1. The van der Waals surface area contributed by atoms with Crippen molar-refractivity contribution in [2.75, 3.05) is 17.3 Å². The molecule has 1 atom stereocenters. The Hall–Kier alpha value is -3.33. The van der Waals surface area contributed by atoms with E-state index in [1.807, 2.05) is 6.07 Å². The van der Waals surface area contributed by atoms with Gasteiger partial charge in [-0.2, -0.15) is 5.26 Å². The summed E-state index contributed by atoms with van der Waals surface area (Å²) in [6, 6.07) is 13.7. The van der Waals surface area contributed by atoms with Crippen molar-refractivity contribution in [3.8, 4) is 11.8 Å². The summed E-state index contributed by atoms with van der Waals surface area (Å²) in [5, 5.41) is 11.8. The topological polar surface area (TPSA) is 82.4 Å². The molecule has 0 fully saturated rings. The standard InChI is InChI=1S/C18H15N3O3/c1-11-18(23)21(2)15-8-7-12(9-16(15)24-11)17(22)20-14-6-4-3-5-13(14)10-19/h3-9,11H,1-2H3,(H,20,22). The Kier molecular flexibility index (Phi) is 3.92. The monoisotopic (exact) mass is 321 g/mol. The smallest absolute Gasteiger partial charge is 0.267 e. The summed E-state index contributed by atoms with van der Waals surface area (Å²) in [5.41, 5.74) is 1.84. The predicted octanol–water partition coefficient (Wildman–Crippen LogP) is 2.55. The number of nitriles is 1. The third-order valence-electron chi connectivity index (χ3n) is 3.86. The highest BCUT2D eigenvalue weighted by Crippen LogP contribution is 2.34. The molecular formula is C18H15N3O3. The summed E-state index contributed by atoms with van der Waals surface area (Å²) < 4.78 is 5.58. The predicted molar refractivity (Wildman–Crippen MR) is 89.1 cm³/mol. The number of rotatable bonds is 2. The van der Waals surface area contributed by atoms with Crippen molar-refractivity contribution in [1.29, 1.82) is 5.26 Å². The maximum atomic E-state index is 12.4. The van der Waals surface area contributed by atoms with Gasteiger partial charge in [0.05, 0.1) is 16.9 Å². The number of amides is 2. The number of anilines is 2. The van der Waals surface area contributed by atoms with Crippen molar-refractivity contribution >= 4 is 23.2 Å². The molecule has 0 spiro atoms. The van der Waals surface area contributed by atoms with Gasteiger partial charge in [0.1, 0.15) is 11.8 Å². The van der Waals surface area contributed by atoms with Gasteiger partial charge < -0.3 is 15.0 Å². The van der Waals surface area contributed by atoms with E-state index in [9.17, 15) is 9.59 Å². The Morgan fingerprint density at radius 1 is 1.29 bits per heavy atom. The van der Waals surface area contributed by atoms with Gasteiger partial charge in [0.2, 0.25) is 0 Å². The second-order valence-corrected chi connectivity index (χ2v) is 5.45. The molecule has 120 valence electrons. The van der Waals surface area contributed by atoms with E-state index in [0.29, 0.717) is 28.3 Å². The first-order valence-electron chi connectivity index (χ1n) is 7.40. The second kappa shape index (κ2) is 6.05. The number of nitrogens with zero attached hydrogens (tertiary/aromatic N) is 2. The van der Waals surface area contributed by atoms with Gasteiger partial charge in [-0.3, -0.25) is 9.59 Å². The van der Waals surface area contributed by atoms with Crippen LogP contribution in [-0.4, -0.2) is 25.0 Å². The number of ether oxygens (including phenoxy) is 1. The Balaban J connectivity index is 1.89. The minimum atomic E-state index is -0.597. The molecule has 0 saturated carbocycles. The summed E-state index contributed by atoms with van der Waals surface area (Å²) in [6.07, 6.45) is -0.597. The number of benzene rings is 2. The molecule has 24 heavy (non-hydrogen) atoms. The molecule has 0 aromatic heterocycles. The summed E-state index contributed by atoms with van der Waals surface area (Å²) in [5.74, 6) is -0.00947. The third kappa shape index (κ3) is 2.68. The molecule has 2 aromatic rings. The van der Waals surface area contributed by atoms with E-state index in [0.717, 1.165) is 0 Å². The number of nitrogens with one attached hydrogen (secondary N) is 1. The third-order valence-corrected chi connectivity index (χ3v) is 3.86. The van der Waals surface area contributed by atoms with Gasteiger partial charge in [0.25, 0.3) is 11.8 Å². The van der Waals surface area contributed by atoms with Crippen LogP contribution < -0.4 is 15.0 Å². The van der Waals surface area contributed by atoms with Crippen LogP contribution in [0.25, 0.3) is 0 Å². The fourth-order valence-electron chi connectivity index (χ4n) is 2.54. The largest absolute Gasteiger partial charge is 0.479 e. The Morgan fingerprint density at radius 3 is 2.79 bits per heavy atom. The maximum Gasteiger partial charge on any atom is 0.267 e. The zero-order valence-electron chi connectivity index (χ0n) is 13.2. The lowest BCUT2D eigenvalue weighted by Crippen LogP contribution is -2.42. The Morgan fingerprint density at radius 2 is 2.04 bits per heavy atom. The average molecular weight is 321 g/mol. The quantitative estimate of drug-likeness (QED) is 0.921. The lowest BCUT2D eigenvalue weighted by molar-refractivity contribution is -0.125. The van der Waals surface area contributed by atoms with Gasteiger partial charge in [0, 0.05) is 12.6 Å². The number of hydrogen-bond acceptors (Lipinski definition) is 4. The zero-order valence-corrected chi connectivity index (χ0v) is 13.2. The summed E-state index contributed by atoms with van der Waals surface area (Å²) in [7, 11) is 1.67. The number of para-hydroxylation sites is 1. The molecule has 1 unspecified atom stereocenters. The lowest BCUT2D eigenvalue weighted by Gasteiger charge is -2.30. The fraction of sp³-hybridized carbons (Fsp3) is 0.167. The SMILES string of the molecule is CC1Oc2cc(C(=O)Nc3ccccc3C#N)ccc2N(C)C1=O.